The molecule has 0 aliphatic heterocycles. The highest BCUT2D eigenvalue weighted by atomic mass is 32.1. The minimum Gasteiger partial charge on any atom is -0.390 e. The van der Waals surface area contributed by atoms with Gasteiger partial charge < -0.3 is 25.2 Å². The summed E-state index contributed by atoms with van der Waals surface area (Å²) >= 11 is 85.8. The highest BCUT2D eigenvalue weighted by Gasteiger charge is 2.37. The lowest BCUT2D eigenvalue weighted by molar-refractivity contribution is -0.132. The number of amides is 2. The van der Waals surface area contributed by atoms with Crippen LogP contribution < -0.4 is 10.6 Å². The van der Waals surface area contributed by atoms with Crippen LogP contribution in [0.15, 0.2) is 0 Å². The molecule has 0 saturated carbocycles. The normalized spacial score (nSPS) is 11.9. The predicted octanol–water partition coefficient (Wildman–Crippen LogP) is 27.0. The molecule has 0 aromatic rings. The van der Waals surface area contributed by atoms with Gasteiger partial charge in [-0.1, -0.05) is 46.0 Å². The summed E-state index contributed by atoms with van der Waals surface area (Å²) in [6.07, 6.45) is 53.5. The maximum Gasteiger partial charge on any atom is 0.226 e. The van der Waals surface area contributed by atoms with Gasteiger partial charge in [-0.05, 0) is 422 Å². The molecule has 0 spiro atoms. The molecule has 688 valence electrons. The number of unbranched alkanes of at least 4 members (excludes halogenated alkanes) is 3. The lowest BCUT2D eigenvalue weighted by Crippen LogP contribution is -2.41. The van der Waals surface area contributed by atoms with Crippen LogP contribution in [0.25, 0.3) is 0 Å². The molecule has 0 bridgehead atoms. The second-order valence-corrected chi connectivity index (χ2v) is 40.3. The SMILES string of the molecule is CC(=O)NCC(CCCS)(CCCS)CCCS.CC(CCCS)(CCCS)OCCCS.CC(O)(CCCS)CCCS.CCCC(CCCS)(CCCS)CCCS.CCCCCCC(CCCS)(CCCS)CCCS.CCNC(=O)C(CCCS)(CCCS)CCCS.CCOC(CCCS)(CCCS)CCCS. The Balaban J connectivity index is -0.000000233. The van der Waals surface area contributed by atoms with Gasteiger partial charge in [0.15, 0.2) is 0 Å². The quantitative estimate of drug-likeness (QED) is 0.0220. The first-order chi connectivity index (χ1) is 54.3. The molecule has 0 radical (unpaired) electrons. The summed E-state index contributed by atoms with van der Waals surface area (Å²) in [5.74, 6) is 18.9. The first-order valence-corrected chi connectivity index (χ1v) is 56.7. The molecule has 2 amide bonds. The molecule has 0 heterocycles. The Morgan fingerprint density at radius 3 is 0.823 bits per heavy atom. The monoisotopic (exact) mass is 1960 g/mol. The third-order valence-electron chi connectivity index (χ3n) is 21.1. The molecule has 0 saturated heterocycles. The van der Waals surface area contributed by atoms with Gasteiger partial charge in [-0.15, -0.1) is 0 Å². The van der Waals surface area contributed by atoms with Gasteiger partial charge in [0.2, 0.25) is 11.8 Å². The molecule has 0 aromatic heterocycles. The zero-order valence-electron chi connectivity index (χ0n) is 73.0. The van der Waals surface area contributed by atoms with Gasteiger partial charge >= 0.3 is 0 Å². The van der Waals surface area contributed by atoms with E-state index in [2.05, 4.69) is 291 Å². The zero-order valence-corrected chi connectivity index (χ0v) is 90.9. The van der Waals surface area contributed by atoms with Gasteiger partial charge in [0.25, 0.3) is 0 Å². The van der Waals surface area contributed by atoms with Crippen LogP contribution in [0.4, 0.5) is 0 Å². The van der Waals surface area contributed by atoms with E-state index in [0.717, 1.165) is 308 Å². The first-order valence-electron chi connectivity index (χ1n) is 44.0. The number of carbonyl (C=O) groups excluding carboxylic acids is 2. The van der Waals surface area contributed by atoms with E-state index in [1.54, 1.807) is 6.92 Å². The molecule has 0 aliphatic rings. The van der Waals surface area contributed by atoms with Crippen molar-refractivity contribution in [2.75, 3.05) is 141 Å². The van der Waals surface area contributed by atoms with Crippen LogP contribution in [0.1, 0.15) is 344 Å². The van der Waals surface area contributed by atoms with E-state index in [4.69, 9.17) is 9.47 Å². The van der Waals surface area contributed by atoms with Crippen molar-refractivity contribution in [1.82, 2.24) is 10.6 Å². The molecule has 0 atom stereocenters. The summed E-state index contributed by atoms with van der Waals surface area (Å²) in [4.78, 5) is 23.6. The molecule has 7 nitrogen and oxygen atoms in total. The van der Waals surface area contributed by atoms with Gasteiger partial charge in [0.05, 0.1) is 16.8 Å². The number of nitrogens with one attached hydrogen (secondary N) is 2. The van der Waals surface area contributed by atoms with E-state index in [1.807, 2.05) is 13.8 Å². The largest absolute Gasteiger partial charge is 0.390 e. The Morgan fingerprint density at radius 2 is 0.549 bits per heavy atom. The summed E-state index contributed by atoms with van der Waals surface area (Å²) in [5.41, 5.74) is 0.678. The summed E-state index contributed by atoms with van der Waals surface area (Å²) in [5, 5.41) is 15.7. The van der Waals surface area contributed by atoms with Gasteiger partial charge in [-0.3, -0.25) is 9.59 Å². The number of thiol groups is 20. The zero-order chi connectivity index (χ0) is 87.0. The van der Waals surface area contributed by atoms with Crippen molar-refractivity contribution >= 4 is 264 Å². The van der Waals surface area contributed by atoms with E-state index in [-0.39, 0.29) is 33.8 Å². The third-order valence-corrected chi connectivity index (χ3v) is 27.5. The van der Waals surface area contributed by atoms with Crippen LogP contribution in [0.2, 0.25) is 0 Å². The number of hydrogen-bond donors (Lipinski definition) is 23. The predicted molar refractivity (Wildman–Crippen MR) is 587 cm³/mol. The van der Waals surface area contributed by atoms with Crippen LogP contribution in [-0.2, 0) is 19.1 Å². The van der Waals surface area contributed by atoms with Crippen molar-refractivity contribution in [1.29, 1.82) is 0 Å². The summed E-state index contributed by atoms with van der Waals surface area (Å²) in [7, 11) is 0. The van der Waals surface area contributed by atoms with Crippen LogP contribution in [0, 0.1) is 21.7 Å². The lowest BCUT2D eigenvalue weighted by atomic mass is 9.72. The van der Waals surface area contributed by atoms with E-state index in [9.17, 15) is 14.7 Å². The highest BCUT2D eigenvalue weighted by Crippen LogP contribution is 2.43. The molecular weight excluding hydrogens is 1780 g/mol. The van der Waals surface area contributed by atoms with Gasteiger partial charge in [-0.25, -0.2) is 0 Å². The van der Waals surface area contributed by atoms with Gasteiger partial charge in [0, 0.05) is 38.6 Å². The fourth-order valence-electron chi connectivity index (χ4n) is 15.0. The highest BCUT2D eigenvalue weighted by molar-refractivity contribution is 7.83. The van der Waals surface area contributed by atoms with Crippen molar-refractivity contribution in [2.45, 2.75) is 361 Å². The Hall–Kier alpha value is 5.82. The van der Waals surface area contributed by atoms with Crippen molar-refractivity contribution in [3.05, 3.63) is 0 Å². The average Bonchev–Trinajstić information content (AvgIpc) is 0.842. The lowest BCUT2D eigenvalue weighted by Gasteiger charge is -2.34. The topological polar surface area (TPSA) is 96.9 Å². The standard InChI is InChI=1S/C16H34S3.2C13H27NOS3.C13H28S3.C12H26OS3.C11H24OS3.C8H18OS2/c1-2-3-4-5-9-16(10-6-13-17,11-7-14-18)12-8-15-19;1-12(15)14-11-13(5-2-8-16,6-3-9-17)7-4-10-18;1-2-14-12(15)13(6-3-9-16,7-4-10-17)8-5-11-18;1-2-6-13(7-3-10-14,8-4-11-15)9-5-12-16;1-2-13-12(6-3-9-14,7-4-10-15)8-5-11-16;1-11(5-2-8-13,6-3-9-14)12-7-4-10-15;1-8(9,4-2-6-10)5-3-7-11/h17-19H,2-15H2,1H3;2*16-18H,2-11H2,1H3,(H,14,15);14-16H,2-12H2,1H3;14-16H,2-11H2,1H3;13-15H,2-10H2,1H3;9-11H,2-7H2,1H3. The van der Waals surface area contributed by atoms with E-state index < -0.39 is 5.60 Å². The average molecular weight is 1970 g/mol. The van der Waals surface area contributed by atoms with Gasteiger partial charge in [-0.2, -0.15) is 253 Å². The Kier molecular flexibility index (Phi) is 115. The molecular formula is C86H184N2O5S20. The van der Waals surface area contributed by atoms with Crippen LogP contribution in [0.5, 0.6) is 0 Å². The van der Waals surface area contributed by atoms with Crippen molar-refractivity contribution in [2.24, 2.45) is 21.7 Å². The molecule has 0 aromatic carbocycles. The van der Waals surface area contributed by atoms with Crippen LogP contribution in [0.3, 0.4) is 0 Å². The third kappa shape index (κ3) is 84.4. The summed E-state index contributed by atoms with van der Waals surface area (Å²) < 4.78 is 12.0. The smallest absolute Gasteiger partial charge is 0.226 e. The molecule has 0 aliphatic carbocycles. The maximum absolute atomic E-state index is 12.4. The molecule has 0 unspecified atom stereocenters. The van der Waals surface area contributed by atoms with E-state index in [1.165, 1.54) is 122 Å². The number of aliphatic hydroxyl groups is 1. The summed E-state index contributed by atoms with van der Waals surface area (Å²) in [6, 6.07) is 0. The van der Waals surface area contributed by atoms with Crippen LogP contribution >= 0.6 is 253 Å². The maximum atomic E-state index is 12.4. The summed E-state index contributed by atoms with van der Waals surface area (Å²) in [6.45, 7) is 17.4. The van der Waals surface area contributed by atoms with E-state index >= 15 is 0 Å². The Morgan fingerprint density at radius 1 is 0.283 bits per heavy atom. The van der Waals surface area contributed by atoms with Crippen molar-refractivity contribution < 1.29 is 24.2 Å². The minimum atomic E-state index is -0.495. The minimum absolute atomic E-state index is 0.0222. The molecule has 27 heteroatoms. The van der Waals surface area contributed by atoms with Crippen molar-refractivity contribution in [3.63, 3.8) is 0 Å². The Bertz CT molecular complexity index is 1730. The number of carbonyl (C=O) groups is 2. The fourth-order valence-corrected chi connectivity index (χ4v) is 18.1. The second kappa shape index (κ2) is 98.4. The molecule has 3 N–H and O–H groups in total. The molecule has 0 fully saturated rings. The van der Waals surface area contributed by atoms with Crippen molar-refractivity contribution in [3.8, 4) is 0 Å². The Labute approximate surface area is 813 Å². The second-order valence-electron chi connectivity index (χ2n) is 31.3. The number of rotatable bonds is 74. The van der Waals surface area contributed by atoms with Gasteiger partial charge in [0.1, 0.15) is 0 Å². The first kappa shape index (κ1) is 132. The number of hydrogen-bond acceptors (Lipinski definition) is 25. The molecule has 0 rings (SSSR count). The van der Waals surface area contributed by atoms with Crippen LogP contribution in [-0.4, -0.2) is 175 Å². The fraction of sp³-hybridized carbons (Fsp3) is 0.977. The molecule has 113 heavy (non-hydrogen) atoms. The van der Waals surface area contributed by atoms with E-state index in [0.29, 0.717) is 17.4 Å². The number of ether oxygens (including phenoxy) is 2.